The molecule has 0 bridgehead atoms. The highest BCUT2D eigenvalue weighted by Crippen LogP contribution is 2.20. The molecular formula is C16H24FNO3. The van der Waals surface area contributed by atoms with E-state index in [0.717, 1.165) is 0 Å². The molecule has 1 rings (SSSR count). The van der Waals surface area contributed by atoms with Crippen LogP contribution in [-0.2, 0) is 11.3 Å². The molecule has 118 valence electrons. The van der Waals surface area contributed by atoms with Gasteiger partial charge in [-0.3, -0.25) is 0 Å². The molecule has 2 N–H and O–H groups in total. The van der Waals surface area contributed by atoms with Crippen molar-refractivity contribution >= 4 is 5.97 Å². The van der Waals surface area contributed by atoms with E-state index in [1.165, 1.54) is 19.2 Å². The largest absolute Gasteiger partial charge is 0.465 e. The van der Waals surface area contributed by atoms with Crippen LogP contribution in [0.3, 0.4) is 0 Å². The van der Waals surface area contributed by atoms with Crippen LogP contribution in [0.25, 0.3) is 0 Å². The van der Waals surface area contributed by atoms with Crippen LogP contribution in [-0.4, -0.2) is 30.8 Å². The van der Waals surface area contributed by atoms with Crippen molar-refractivity contribution < 1.29 is 19.0 Å². The van der Waals surface area contributed by atoms with Gasteiger partial charge in [-0.15, -0.1) is 0 Å². The topological polar surface area (TPSA) is 58.6 Å². The molecule has 0 aromatic heterocycles. The van der Waals surface area contributed by atoms with E-state index >= 15 is 0 Å². The van der Waals surface area contributed by atoms with Gasteiger partial charge in [0.1, 0.15) is 5.82 Å². The van der Waals surface area contributed by atoms with E-state index in [-0.39, 0.29) is 11.0 Å². The third-order valence-electron chi connectivity index (χ3n) is 3.00. The highest BCUT2D eigenvalue weighted by atomic mass is 19.1. The van der Waals surface area contributed by atoms with Gasteiger partial charge in [-0.25, -0.2) is 9.18 Å². The van der Waals surface area contributed by atoms with Crippen LogP contribution in [0.5, 0.6) is 0 Å². The van der Waals surface area contributed by atoms with Gasteiger partial charge in [0.2, 0.25) is 0 Å². The van der Waals surface area contributed by atoms with Crippen LogP contribution < -0.4 is 5.32 Å². The lowest BCUT2D eigenvalue weighted by Crippen LogP contribution is -2.29. The first kappa shape index (κ1) is 17.6. The molecule has 0 aliphatic carbocycles. The van der Waals surface area contributed by atoms with E-state index in [2.05, 4.69) is 30.8 Å². The number of methoxy groups -OCH3 is 1. The number of halogens is 1. The SMILES string of the molecule is COC(=O)c1ccc(CNCC(O)CC(C)(C)C)cc1F. The number of esters is 1. The Labute approximate surface area is 125 Å². The molecule has 21 heavy (non-hydrogen) atoms. The zero-order chi connectivity index (χ0) is 16.0. The maximum atomic E-state index is 13.7. The summed E-state index contributed by atoms with van der Waals surface area (Å²) < 4.78 is 18.2. The van der Waals surface area contributed by atoms with Crippen LogP contribution in [0.4, 0.5) is 4.39 Å². The summed E-state index contributed by atoms with van der Waals surface area (Å²) in [5.41, 5.74) is 0.701. The van der Waals surface area contributed by atoms with Gasteiger partial charge in [0.15, 0.2) is 0 Å². The zero-order valence-corrected chi connectivity index (χ0v) is 13.1. The number of carbonyl (C=O) groups is 1. The number of aliphatic hydroxyl groups excluding tert-OH is 1. The highest BCUT2D eigenvalue weighted by molar-refractivity contribution is 5.89. The molecule has 1 aromatic carbocycles. The minimum atomic E-state index is -0.687. The van der Waals surface area contributed by atoms with E-state index in [1.807, 2.05) is 0 Å². The van der Waals surface area contributed by atoms with Crippen molar-refractivity contribution in [1.82, 2.24) is 5.32 Å². The van der Waals surface area contributed by atoms with Gasteiger partial charge in [0.25, 0.3) is 0 Å². The molecule has 0 fully saturated rings. The Morgan fingerprint density at radius 1 is 1.43 bits per heavy atom. The Kier molecular flexibility index (Phi) is 6.30. The Hall–Kier alpha value is -1.46. The fourth-order valence-electron chi connectivity index (χ4n) is 2.11. The van der Waals surface area contributed by atoms with E-state index < -0.39 is 17.9 Å². The summed E-state index contributed by atoms with van der Waals surface area (Å²) in [7, 11) is 1.22. The average Bonchev–Trinajstić information content (AvgIpc) is 2.36. The summed E-state index contributed by atoms with van der Waals surface area (Å²) in [6.07, 6.45) is 0.250. The van der Waals surface area contributed by atoms with E-state index in [9.17, 15) is 14.3 Å². The molecule has 5 heteroatoms. The average molecular weight is 297 g/mol. The smallest absolute Gasteiger partial charge is 0.340 e. The second kappa shape index (κ2) is 7.52. The van der Waals surface area contributed by atoms with Crippen molar-refractivity contribution in [2.75, 3.05) is 13.7 Å². The fraction of sp³-hybridized carbons (Fsp3) is 0.562. The van der Waals surface area contributed by atoms with Gasteiger partial charge in [0.05, 0.1) is 18.8 Å². The van der Waals surface area contributed by atoms with Crippen molar-refractivity contribution in [3.8, 4) is 0 Å². The monoisotopic (exact) mass is 297 g/mol. The summed E-state index contributed by atoms with van der Waals surface area (Å²) in [6.45, 7) is 7.07. The Bertz CT molecular complexity index is 483. The number of ether oxygens (including phenoxy) is 1. The lowest BCUT2D eigenvalue weighted by atomic mass is 9.89. The van der Waals surface area contributed by atoms with Crippen molar-refractivity contribution in [2.45, 2.75) is 39.8 Å². The molecule has 1 atom stereocenters. The maximum Gasteiger partial charge on any atom is 0.340 e. The number of aliphatic hydroxyl groups is 1. The molecule has 4 nitrogen and oxygen atoms in total. The predicted molar refractivity (Wildman–Crippen MR) is 79.5 cm³/mol. The summed E-state index contributed by atoms with van der Waals surface area (Å²) in [6, 6.07) is 4.37. The maximum absolute atomic E-state index is 13.7. The molecule has 1 aromatic rings. The number of carbonyl (C=O) groups excluding carboxylic acids is 1. The summed E-state index contributed by atoms with van der Waals surface area (Å²) in [5, 5.41) is 12.9. The quantitative estimate of drug-likeness (QED) is 0.792. The van der Waals surface area contributed by atoms with Crippen molar-refractivity contribution in [2.24, 2.45) is 5.41 Å². The number of hydrogen-bond donors (Lipinski definition) is 2. The van der Waals surface area contributed by atoms with Gasteiger partial charge in [-0.2, -0.15) is 0 Å². The lowest BCUT2D eigenvalue weighted by Gasteiger charge is -2.22. The number of hydrogen-bond acceptors (Lipinski definition) is 4. The van der Waals surface area contributed by atoms with Crippen LogP contribution in [0, 0.1) is 11.2 Å². The molecule has 0 aliphatic heterocycles. The Morgan fingerprint density at radius 3 is 2.62 bits per heavy atom. The first-order chi connectivity index (χ1) is 9.73. The molecule has 1 unspecified atom stereocenters. The fourth-order valence-corrected chi connectivity index (χ4v) is 2.11. The Balaban J connectivity index is 2.50. The lowest BCUT2D eigenvalue weighted by molar-refractivity contribution is 0.0595. The van der Waals surface area contributed by atoms with Gasteiger partial charge in [0, 0.05) is 13.1 Å². The van der Waals surface area contributed by atoms with Crippen molar-refractivity contribution in [1.29, 1.82) is 0 Å². The molecule has 0 radical (unpaired) electrons. The third kappa shape index (κ3) is 6.23. The van der Waals surface area contributed by atoms with Gasteiger partial charge < -0.3 is 15.2 Å². The molecule has 0 saturated carbocycles. The number of nitrogens with one attached hydrogen (secondary N) is 1. The number of benzene rings is 1. The van der Waals surface area contributed by atoms with E-state index in [1.54, 1.807) is 6.07 Å². The minimum absolute atomic E-state index is 0.0648. The van der Waals surface area contributed by atoms with Gasteiger partial charge in [-0.1, -0.05) is 26.8 Å². The Morgan fingerprint density at radius 2 is 2.10 bits per heavy atom. The first-order valence-corrected chi connectivity index (χ1v) is 6.98. The molecule has 0 heterocycles. The van der Waals surface area contributed by atoms with Crippen molar-refractivity contribution in [3.63, 3.8) is 0 Å². The second-order valence-corrected chi connectivity index (χ2v) is 6.36. The third-order valence-corrected chi connectivity index (χ3v) is 3.00. The molecular weight excluding hydrogens is 273 g/mol. The first-order valence-electron chi connectivity index (χ1n) is 6.98. The second-order valence-electron chi connectivity index (χ2n) is 6.36. The van der Waals surface area contributed by atoms with Crippen LogP contribution >= 0.6 is 0 Å². The molecule has 0 saturated heterocycles. The summed E-state index contributed by atoms with van der Waals surface area (Å²) in [4.78, 5) is 11.3. The van der Waals surface area contributed by atoms with Crippen LogP contribution in [0.15, 0.2) is 18.2 Å². The van der Waals surface area contributed by atoms with E-state index in [4.69, 9.17) is 0 Å². The predicted octanol–water partition coefficient (Wildman–Crippen LogP) is 2.50. The van der Waals surface area contributed by atoms with E-state index in [0.29, 0.717) is 25.1 Å². The van der Waals surface area contributed by atoms with Gasteiger partial charge >= 0.3 is 5.97 Å². The number of rotatable bonds is 6. The standard InChI is InChI=1S/C16H24FNO3/c1-16(2,3)8-12(19)10-18-9-11-5-6-13(14(17)7-11)15(20)21-4/h5-7,12,18-19H,8-10H2,1-4H3. The normalized spacial score (nSPS) is 13.0. The van der Waals surface area contributed by atoms with Crippen molar-refractivity contribution in [3.05, 3.63) is 35.1 Å². The highest BCUT2D eigenvalue weighted by Gasteiger charge is 2.16. The summed E-state index contributed by atoms with van der Waals surface area (Å²) in [5.74, 6) is -1.29. The minimum Gasteiger partial charge on any atom is -0.465 e. The van der Waals surface area contributed by atoms with Crippen LogP contribution in [0.2, 0.25) is 0 Å². The molecule has 0 amide bonds. The molecule has 0 spiro atoms. The summed E-state index contributed by atoms with van der Waals surface area (Å²) >= 11 is 0. The van der Waals surface area contributed by atoms with Crippen LogP contribution in [0.1, 0.15) is 43.1 Å². The van der Waals surface area contributed by atoms with Gasteiger partial charge in [-0.05, 0) is 29.5 Å². The zero-order valence-electron chi connectivity index (χ0n) is 13.1. The molecule has 0 aliphatic rings.